The van der Waals surface area contributed by atoms with E-state index in [2.05, 4.69) is 10.5 Å². The normalized spacial score (nSPS) is 12.9. The summed E-state index contributed by atoms with van der Waals surface area (Å²) in [4.78, 5) is 35.1. The molecule has 0 saturated heterocycles. The number of carbonyl (C=O) groups excluding carboxylic acids is 2. The first kappa shape index (κ1) is 28.5. The minimum atomic E-state index is -0.652. The summed E-state index contributed by atoms with van der Waals surface area (Å²) in [5, 5.41) is 4.23. The summed E-state index contributed by atoms with van der Waals surface area (Å²) in [6.07, 6.45) is 0. The van der Waals surface area contributed by atoms with Crippen LogP contribution in [0, 0.1) is 0 Å². The fourth-order valence-electron chi connectivity index (χ4n) is 2.86. The number of carbonyl (C=O) groups is 2. The van der Waals surface area contributed by atoms with Crippen LogP contribution in [0.15, 0.2) is 75.5 Å². The summed E-state index contributed by atoms with van der Waals surface area (Å²) in [6, 6.07) is 17.7. The first-order valence-electron chi connectivity index (χ1n) is 10.8. The van der Waals surface area contributed by atoms with Crippen molar-refractivity contribution >= 4 is 63.9 Å². The van der Waals surface area contributed by atoms with E-state index in [0.717, 1.165) is 9.69 Å². The van der Waals surface area contributed by atoms with Gasteiger partial charge in [0.15, 0.2) is 0 Å². The van der Waals surface area contributed by atoms with Gasteiger partial charge in [0.1, 0.15) is 26.7 Å². The summed E-state index contributed by atoms with van der Waals surface area (Å²) in [5.41, 5.74) is 3.31. The standard InChI is InChI=1S/C14H14Cl2N2O3.C10H6Cl2N2O2/c1-2-20-8-9-21-13-11(15)12(16)14(19)18(17-13)10-6-4-3-5-7-10;11-7-8(12)10(16)14(9(7)15)13-6-4-2-1-3-5-6/h3-7H,2,8-9H2,1H3;1-5,13H. The topological polar surface area (TPSA) is 103 Å². The Balaban J connectivity index is 0.000000213. The predicted octanol–water partition coefficient (Wildman–Crippen LogP) is 5.03. The minimum Gasteiger partial charge on any atom is -0.473 e. The monoisotopic (exact) mass is 584 g/mol. The maximum absolute atomic E-state index is 12.1. The Morgan fingerprint density at radius 1 is 0.811 bits per heavy atom. The van der Waals surface area contributed by atoms with Crippen LogP contribution in [0.2, 0.25) is 10.0 Å². The molecule has 37 heavy (non-hydrogen) atoms. The minimum absolute atomic E-state index is 0.00495. The van der Waals surface area contributed by atoms with Crippen molar-refractivity contribution < 1.29 is 19.1 Å². The summed E-state index contributed by atoms with van der Waals surface area (Å²) in [7, 11) is 0. The number of ether oxygens (including phenoxy) is 2. The molecule has 4 rings (SSSR count). The van der Waals surface area contributed by atoms with E-state index in [1.807, 2.05) is 19.1 Å². The van der Waals surface area contributed by atoms with Gasteiger partial charge in [-0.25, -0.2) is 0 Å². The Hall–Kier alpha value is -3.08. The van der Waals surface area contributed by atoms with E-state index >= 15 is 0 Å². The average Bonchev–Trinajstić information content (AvgIpc) is 3.10. The van der Waals surface area contributed by atoms with Gasteiger partial charge in [-0.2, -0.15) is 9.69 Å². The molecule has 13 heteroatoms. The smallest absolute Gasteiger partial charge is 0.292 e. The molecule has 0 fully saturated rings. The average molecular weight is 586 g/mol. The highest BCUT2D eigenvalue weighted by atomic mass is 35.5. The highest BCUT2D eigenvalue weighted by molar-refractivity contribution is 6.58. The van der Waals surface area contributed by atoms with Gasteiger partial charge in [0.05, 0.1) is 18.0 Å². The lowest BCUT2D eigenvalue weighted by Gasteiger charge is -2.16. The quantitative estimate of drug-likeness (QED) is 0.292. The van der Waals surface area contributed by atoms with Gasteiger partial charge in [0, 0.05) is 6.61 Å². The number of hydrogen-bond donors (Lipinski definition) is 1. The van der Waals surface area contributed by atoms with E-state index in [1.165, 1.54) is 0 Å². The molecule has 194 valence electrons. The Morgan fingerprint density at radius 2 is 1.38 bits per heavy atom. The van der Waals surface area contributed by atoms with Gasteiger partial charge in [-0.3, -0.25) is 19.8 Å². The molecule has 2 aromatic carbocycles. The number of anilines is 1. The number of rotatable bonds is 8. The third-order valence-corrected chi connectivity index (χ3v) is 6.21. The van der Waals surface area contributed by atoms with Crippen LogP contribution in [0.1, 0.15) is 6.92 Å². The Bertz CT molecular complexity index is 1330. The number of benzene rings is 2. The maximum atomic E-state index is 12.1. The van der Waals surface area contributed by atoms with Crippen molar-refractivity contribution in [3.05, 3.63) is 91.1 Å². The third-order valence-electron chi connectivity index (χ3n) is 4.61. The molecule has 1 aliphatic rings. The van der Waals surface area contributed by atoms with Crippen molar-refractivity contribution in [1.29, 1.82) is 0 Å². The van der Waals surface area contributed by atoms with Gasteiger partial charge in [0.2, 0.25) is 0 Å². The highest BCUT2D eigenvalue weighted by Crippen LogP contribution is 2.28. The van der Waals surface area contributed by atoms with Crippen LogP contribution in [0.3, 0.4) is 0 Å². The van der Waals surface area contributed by atoms with E-state index in [4.69, 9.17) is 55.9 Å². The molecule has 1 N–H and O–H groups in total. The second-order valence-corrected chi connectivity index (χ2v) is 8.59. The van der Waals surface area contributed by atoms with Crippen LogP contribution < -0.4 is 15.7 Å². The summed E-state index contributed by atoms with van der Waals surface area (Å²) < 4.78 is 11.7. The van der Waals surface area contributed by atoms with Crippen molar-refractivity contribution in [2.24, 2.45) is 0 Å². The molecule has 0 bridgehead atoms. The number of imide groups is 1. The van der Waals surface area contributed by atoms with E-state index in [-0.39, 0.29) is 32.6 Å². The Morgan fingerprint density at radius 3 is 1.95 bits per heavy atom. The number of nitrogens with one attached hydrogen (secondary N) is 1. The number of amides is 2. The summed E-state index contributed by atoms with van der Waals surface area (Å²) >= 11 is 23.1. The number of para-hydroxylation sites is 2. The first-order chi connectivity index (χ1) is 17.8. The molecule has 0 aliphatic carbocycles. The molecule has 2 amide bonds. The fraction of sp³-hybridized carbons (Fsp3) is 0.167. The molecule has 0 radical (unpaired) electrons. The molecule has 0 unspecified atom stereocenters. The summed E-state index contributed by atoms with van der Waals surface area (Å²) in [6.45, 7) is 3.15. The van der Waals surface area contributed by atoms with E-state index in [1.54, 1.807) is 48.5 Å². The third kappa shape index (κ3) is 7.03. The first-order valence-corrected chi connectivity index (χ1v) is 12.3. The molecule has 0 atom stereocenters. The SMILES string of the molecule is CCOCCOc1nn(-c2ccccc2)c(=O)c(Cl)c1Cl.O=C1C(Cl)=C(Cl)C(=O)N1Nc1ccccc1. The zero-order valence-corrected chi connectivity index (χ0v) is 22.3. The van der Waals surface area contributed by atoms with Crippen LogP contribution in [-0.2, 0) is 14.3 Å². The molecule has 1 aliphatic heterocycles. The molecule has 3 aromatic rings. The number of nitrogens with zero attached hydrogens (tertiary/aromatic N) is 3. The lowest BCUT2D eigenvalue weighted by atomic mass is 10.3. The second-order valence-electron chi connectivity index (χ2n) is 7.08. The zero-order valence-electron chi connectivity index (χ0n) is 19.3. The number of halogens is 4. The van der Waals surface area contributed by atoms with Crippen molar-refractivity contribution in [3.63, 3.8) is 0 Å². The number of hydrogen-bond acceptors (Lipinski definition) is 7. The van der Waals surface area contributed by atoms with E-state index < -0.39 is 17.4 Å². The van der Waals surface area contributed by atoms with Crippen LogP contribution in [-0.4, -0.2) is 46.4 Å². The van der Waals surface area contributed by atoms with Crippen LogP contribution in [0.5, 0.6) is 5.88 Å². The maximum Gasteiger partial charge on any atom is 0.292 e. The van der Waals surface area contributed by atoms with Gasteiger partial charge in [0.25, 0.3) is 23.3 Å². The van der Waals surface area contributed by atoms with Gasteiger partial charge in [-0.1, -0.05) is 82.8 Å². The van der Waals surface area contributed by atoms with Gasteiger partial charge >= 0.3 is 0 Å². The van der Waals surface area contributed by atoms with E-state index in [0.29, 0.717) is 24.6 Å². The predicted molar refractivity (Wildman–Crippen MR) is 142 cm³/mol. The molecular formula is C24H20Cl4N4O5. The van der Waals surface area contributed by atoms with Crippen LogP contribution >= 0.6 is 46.4 Å². The van der Waals surface area contributed by atoms with Gasteiger partial charge in [-0.15, -0.1) is 5.10 Å². The fourth-order valence-corrected chi connectivity index (χ4v) is 3.52. The molecule has 9 nitrogen and oxygen atoms in total. The molecule has 0 spiro atoms. The van der Waals surface area contributed by atoms with Gasteiger partial charge < -0.3 is 9.47 Å². The summed E-state index contributed by atoms with van der Waals surface area (Å²) in [5.74, 6) is -1.20. The molecular weight excluding hydrogens is 566 g/mol. The largest absolute Gasteiger partial charge is 0.473 e. The lowest BCUT2D eigenvalue weighted by Crippen LogP contribution is -2.36. The number of aromatic nitrogens is 2. The zero-order chi connectivity index (χ0) is 26.9. The van der Waals surface area contributed by atoms with E-state index in [9.17, 15) is 14.4 Å². The van der Waals surface area contributed by atoms with Gasteiger partial charge in [-0.05, 0) is 31.2 Å². The van der Waals surface area contributed by atoms with Crippen LogP contribution in [0.25, 0.3) is 5.69 Å². The molecule has 2 heterocycles. The number of hydrazine groups is 1. The Labute approximate surface area is 232 Å². The van der Waals surface area contributed by atoms with Crippen molar-refractivity contribution in [2.75, 3.05) is 25.2 Å². The van der Waals surface area contributed by atoms with Crippen molar-refractivity contribution in [3.8, 4) is 11.6 Å². The van der Waals surface area contributed by atoms with Crippen LogP contribution in [0.4, 0.5) is 5.69 Å². The second kappa shape index (κ2) is 13.5. The van der Waals surface area contributed by atoms with Crippen molar-refractivity contribution in [1.82, 2.24) is 14.8 Å². The molecule has 1 aromatic heterocycles. The lowest BCUT2D eigenvalue weighted by molar-refractivity contribution is -0.135. The highest BCUT2D eigenvalue weighted by Gasteiger charge is 2.37. The Kier molecular flexibility index (Phi) is 10.4. The van der Waals surface area contributed by atoms with Crippen molar-refractivity contribution in [2.45, 2.75) is 6.92 Å². The molecule has 0 saturated carbocycles.